The van der Waals surface area contributed by atoms with Crippen LogP contribution in [-0.2, 0) is 0 Å². The summed E-state index contributed by atoms with van der Waals surface area (Å²) in [6.07, 6.45) is 6.52. The number of benzene rings is 2. The summed E-state index contributed by atoms with van der Waals surface area (Å²) < 4.78 is 12.5. The number of ether oxygens (including phenoxy) is 2. The predicted octanol–water partition coefficient (Wildman–Crippen LogP) is 3.72. The maximum absolute atomic E-state index is 12.3. The molecule has 160 valence electrons. The first-order valence-corrected chi connectivity index (χ1v) is 9.80. The second kappa shape index (κ2) is 9.57. The van der Waals surface area contributed by atoms with Gasteiger partial charge in [-0.2, -0.15) is 10.2 Å². The van der Waals surface area contributed by atoms with E-state index < -0.39 is 0 Å². The van der Waals surface area contributed by atoms with Crippen LogP contribution in [0, 0.1) is 0 Å². The molecule has 2 heterocycles. The van der Waals surface area contributed by atoms with Gasteiger partial charge in [0, 0.05) is 35.3 Å². The van der Waals surface area contributed by atoms with Crippen molar-refractivity contribution in [1.29, 1.82) is 0 Å². The fraction of sp³-hybridized carbons (Fsp3) is 0.0833. The number of nitrogens with one attached hydrogen (secondary N) is 1. The fourth-order valence-corrected chi connectivity index (χ4v) is 3.13. The van der Waals surface area contributed by atoms with Crippen molar-refractivity contribution in [3.05, 3.63) is 90.4 Å². The lowest BCUT2D eigenvalue weighted by Crippen LogP contribution is -2.17. The van der Waals surface area contributed by atoms with E-state index in [2.05, 4.69) is 15.5 Å². The van der Waals surface area contributed by atoms with Gasteiger partial charge in [-0.25, -0.2) is 10.1 Å². The summed E-state index contributed by atoms with van der Waals surface area (Å²) in [5, 5.41) is 8.88. The molecule has 0 fully saturated rings. The third-order valence-corrected chi connectivity index (χ3v) is 4.73. The zero-order valence-corrected chi connectivity index (χ0v) is 17.6. The molecule has 0 saturated carbocycles. The average molecular weight is 427 g/mol. The van der Waals surface area contributed by atoms with Gasteiger partial charge >= 0.3 is 0 Å². The van der Waals surface area contributed by atoms with Crippen LogP contribution in [0.3, 0.4) is 0 Å². The van der Waals surface area contributed by atoms with Crippen LogP contribution in [0.25, 0.3) is 16.9 Å². The van der Waals surface area contributed by atoms with Crippen LogP contribution in [-0.4, -0.2) is 41.1 Å². The van der Waals surface area contributed by atoms with Crippen molar-refractivity contribution < 1.29 is 14.3 Å². The van der Waals surface area contributed by atoms with Crippen LogP contribution in [0.5, 0.6) is 11.5 Å². The van der Waals surface area contributed by atoms with Crippen LogP contribution >= 0.6 is 0 Å². The molecule has 0 aliphatic rings. The zero-order chi connectivity index (χ0) is 22.3. The lowest BCUT2D eigenvalue weighted by molar-refractivity contribution is 0.0955. The lowest BCUT2D eigenvalue weighted by atomic mass is 10.1. The first-order valence-electron chi connectivity index (χ1n) is 9.80. The molecule has 4 aromatic rings. The number of pyridine rings is 1. The van der Waals surface area contributed by atoms with Gasteiger partial charge in [0.15, 0.2) is 11.5 Å². The number of nitrogens with zero attached hydrogens (tertiary/aromatic N) is 4. The van der Waals surface area contributed by atoms with Gasteiger partial charge in [0.2, 0.25) is 0 Å². The van der Waals surface area contributed by atoms with Crippen LogP contribution in [0.4, 0.5) is 0 Å². The van der Waals surface area contributed by atoms with E-state index in [1.807, 2.05) is 54.7 Å². The third kappa shape index (κ3) is 4.49. The summed E-state index contributed by atoms with van der Waals surface area (Å²) >= 11 is 0. The molecule has 0 radical (unpaired) electrons. The Morgan fingerprint density at radius 3 is 2.47 bits per heavy atom. The van der Waals surface area contributed by atoms with E-state index in [0.29, 0.717) is 22.8 Å². The summed E-state index contributed by atoms with van der Waals surface area (Å²) in [7, 11) is 3.17. The van der Waals surface area contributed by atoms with E-state index >= 15 is 0 Å². The molecule has 32 heavy (non-hydrogen) atoms. The highest BCUT2D eigenvalue weighted by Gasteiger charge is 2.14. The molecule has 0 aliphatic heterocycles. The zero-order valence-electron chi connectivity index (χ0n) is 17.6. The molecule has 0 saturated heterocycles. The number of methoxy groups -OCH3 is 2. The normalized spacial score (nSPS) is 10.8. The van der Waals surface area contributed by atoms with Gasteiger partial charge < -0.3 is 9.47 Å². The molecule has 0 bridgehead atoms. The maximum Gasteiger partial charge on any atom is 0.271 e. The van der Waals surface area contributed by atoms with E-state index in [1.54, 1.807) is 49.6 Å². The van der Waals surface area contributed by atoms with Gasteiger partial charge in [0.1, 0.15) is 5.69 Å². The Hall–Kier alpha value is -4.46. The van der Waals surface area contributed by atoms with Crippen LogP contribution in [0.1, 0.15) is 15.9 Å². The molecule has 8 nitrogen and oxygen atoms in total. The minimum absolute atomic E-state index is 0.327. The van der Waals surface area contributed by atoms with Crippen molar-refractivity contribution in [3.63, 3.8) is 0 Å². The van der Waals surface area contributed by atoms with Crippen LogP contribution < -0.4 is 14.9 Å². The summed E-state index contributed by atoms with van der Waals surface area (Å²) in [6, 6.07) is 18.5. The average Bonchev–Trinajstić information content (AvgIpc) is 3.28. The van der Waals surface area contributed by atoms with Crippen LogP contribution in [0.15, 0.2) is 84.4 Å². The lowest BCUT2D eigenvalue weighted by Gasteiger charge is -2.09. The molecule has 1 N–H and O–H groups in total. The molecule has 0 aliphatic carbocycles. The van der Waals surface area contributed by atoms with E-state index in [-0.39, 0.29) is 5.91 Å². The van der Waals surface area contributed by atoms with Gasteiger partial charge in [-0.15, -0.1) is 0 Å². The van der Waals surface area contributed by atoms with Gasteiger partial charge in [-0.3, -0.25) is 9.78 Å². The second-order valence-corrected chi connectivity index (χ2v) is 6.72. The molecular formula is C24H21N5O3. The van der Waals surface area contributed by atoms with Crippen molar-refractivity contribution in [2.45, 2.75) is 0 Å². The number of carbonyl (C=O) groups excluding carboxylic acids is 1. The molecule has 0 unspecified atom stereocenters. The molecule has 4 rings (SSSR count). The van der Waals surface area contributed by atoms with Gasteiger partial charge in [-0.05, 0) is 42.5 Å². The minimum atomic E-state index is -0.327. The third-order valence-electron chi connectivity index (χ3n) is 4.73. The SMILES string of the molecule is COc1ccc(-c2nn(-c3ccccc3)cc2/C=N\NC(=O)c2ccncc2)cc1OC. The Labute approximate surface area is 185 Å². The highest BCUT2D eigenvalue weighted by molar-refractivity contribution is 5.95. The molecular weight excluding hydrogens is 406 g/mol. The predicted molar refractivity (Wildman–Crippen MR) is 121 cm³/mol. The first kappa shape index (κ1) is 20.8. The van der Waals surface area contributed by atoms with E-state index in [4.69, 9.17) is 14.6 Å². The van der Waals surface area contributed by atoms with Crippen molar-refractivity contribution in [2.24, 2.45) is 5.10 Å². The number of carbonyl (C=O) groups is 1. The van der Waals surface area contributed by atoms with Crippen LogP contribution in [0.2, 0.25) is 0 Å². The van der Waals surface area contributed by atoms with Gasteiger partial charge in [0.05, 0.1) is 26.1 Å². The van der Waals surface area contributed by atoms with Gasteiger partial charge in [-0.1, -0.05) is 18.2 Å². The molecule has 2 aromatic carbocycles. The van der Waals surface area contributed by atoms with E-state index in [9.17, 15) is 4.79 Å². The van der Waals surface area contributed by atoms with Crippen molar-refractivity contribution in [3.8, 4) is 28.4 Å². The van der Waals surface area contributed by atoms with Gasteiger partial charge in [0.25, 0.3) is 5.91 Å². The maximum atomic E-state index is 12.3. The number of hydrazone groups is 1. The quantitative estimate of drug-likeness (QED) is 0.359. The monoisotopic (exact) mass is 427 g/mol. The van der Waals surface area contributed by atoms with Crippen molar-refractivity contribution in [1.82, 2.24) is 20.2 Å². The largest absolute Gasteiger partial charge is 0.493 e. The Kier molecular flexibility index (Phi) is 6.22. The number of hydrogen-bond acceptors (Lipinski definition) is 6. The summed E-state index contributed by atoms with van der Waals surface area (Å²) in [5.74, 6) is 0.887. The minimum Gasteiger partial charge on any atom is -0.493 e. The molecule has 2 aromatic heterocycles. The van der Waals surface area contributed by atoms with Crippen molar-refractivity contribution in [2.75, 3.05) is 14.2 Å². The molecule has 0 atom stereocenters. The number of aromatic nitrogens is 3. The number of amides is 1. The number of rotatable bonds is 7. The smallest absolute Gasteiger partial charge is 0.271 e. The molecule has 8 heteroatoms. The van der Waals surface area contributed by atoms with E-state index in [1.165, 1.54) is 0 Å². The summed E-state index contributed by atoms with van der Waals surface area (Å²) in [6.45, 7) is 0. The Balaban J connectivity index is 1.69. The van der Waals surface area contributed by atoms with E-state index in [0.717, 1.165) is 16.8 Å². The summed E-state index contributed by atoms with van der Waals surface area (Å²) in [4.78, 5) is 16.2. The molecule has 0 spiro atoms. The second-order valence-electron chi connectivity index (χ2n) is 6.72. The highest BCUT2D eigenvalue weighted by Crippen LogP contribution is 2.33. The fourth-order valence-electron chi connectivity index (χ4n) is 3.13. The summed E-state index contributed by atoms with van der Waals surface area (Å²) in [5.41, 5.74) is 6.12. The number of hydrogen-bond donors (Lipinski definition) is 1. The standard InChI is InChI=1S/C24H21N5O3/c1-31-21-9-8-18(14-22(21)32-2)23-19(16-29(28-23)20-6-4-3-5-7-20)15-26-27-24(30)17-10-12-25-13-11-17/h3-16H,1-2H3,(H,27,30)/b26-15-. The topological polar surface area (TPSA) is 90.6 Å². The van der Waals surface area contributed by atoms with Crippen molar-refractivity contribution >= 4 is 12.1 Å². The Bertz CT molecular complexity index is 1240. The highest BCUT2D eigenvalue weighted by atomic mass is 16.5. The number of para-hydroxylation sites is 1. The first-order chi connectivity index (χ1) is 15.7. The Morgan fingerprint density at radius 1 is 1.00 bits per heavy atom. The molecule has 1 amide bonds. The Morgan fingerprint density at radius 2 is 1.75 bits per heavy atom.